The van der Waals surface area contributed by atoms with Crippen LogP contribution in [0.1, 0.15) is 36.5 Å². The molecule has 5 nitrogen and oxygen atoms in total. The highest BCUT2D eigenvalue weighted by Gasteiger charge is 2.37. The van der Waals surface area contributed by atoms with Crippen LogP contribution in [0.3, 0.4) is 0 Å². The van der Waals surface area contributed by atoms with Crippen molar-refractivity contribution >= 4 is 5.97 Å². The van der Waals surface area contributed by atoms with Crippen LogP contribution >= 0.6 is 0 Å². The largest absolute Gasteiger partial charge is 0.463 e. The fourth-order valence-corrected chi connectivity index (χ4v) is 2.93. The molecule has 0 aromatic heterocycles. The van der Waals surface area contributed by atoms with E-state index < -0.39 is 11.9 Å². The summed E-state index contributed by atoms with van der Waals surface area (Å²) in [5.41, 5.74) is 9.30. The molecular formula is C18H20N2O3. The van der Waals surface area contributed by atoms with Gasteiger partial charge in [-0.1, -0.05) is 18.2 Å². The Hall–Kier alpha value is -2.74. The molecule has 0 fully saturated rings. The average molecular weight is 312 g/mol. The van der Waals surface area contributed by atoms with E-state index >= 15 is 0 Å². The quantitative estimate of drug-likeness (QED) is 0.867. The zero-order valence-corrected chi connectivity index (χ0v) is 13.8. The first-order valence-corrected chi connectivity index (χ1v) is 7.43. The molecular weight excluding hydrogens is 292 g/mol. The maximum absolute atomic E-state index is 12.5. The molecule has 1 unspecified atom stereocenters. The molecule has 1 aromatic carbocycles. The molecule has 1 heterocycles. The Morgan fingerprint density at radius 3 is 2.48 bits per heavy atom. The normalized spacial score (nSPS) is 17.6. The second kappa shape index (κ2) is 6.57. The summed E-state index contributed by atoms with van der Waals surface area (Å²) in [6.07, 6.45) is 0. The Morgan fingerprint density at radius 1 is 1.35 bits per heavy atom. The molecule has 2 N–H and O–H groups in total. The molecule has 0 spiro atoms. The second-order valence-electron chi connectivity index (χ2n) is 5.42. The lowest BCUT2D eigenvalue weighted by Crippen LogP contribution is -2.26. The Labute approximate surface area is 136 Å². The summed E-state index contributed by atoms with van der Waals surface area (Å²) in [7, 11) is 0. The zero-order valence-electron chi connectivity index (χ0n) is 13.8. The zero-order chi connectivity index (χ0) is 17.1. The Kier molecular flexibility index (Phi) is 4.75. The van der Waals surface area contributed by atoms with E-state index in [1.54, 1.807) is 13.8 Å². The van der Waals surface area contributed by atoms with Crippen molar-refractivity contribution in [2.24, 2.45) is 5.73 Å². The number of esters is 1. The van der Waals surface area contributed by atoms with Gasteiger partial charge in [0, 0.05) is 0 Å². The lowest BCUT2D eigenvalue weighted by molar-refractivity contribution is -0.139. The van der Waals surface area contributed by atoms with Gasteiger partial charge in [-0.2, -0.15) is 5.26 Å². The van der Waals surface area contributed by atoms with Gasteiger partial charge < -0.3 is 15.2 Å². The van der Waals surface area contributed by atoms with Gasteiger partial charge in [-0.05, 0) is 44.4 Å². The standard InChI is InChI=1S/C18H20N2O3/c1-5-22-18(21)15-12(4)23-17(20)13(9-19)16(15)14-10(2)7-6-8-11(14)3/h6-8,16H,5,20H2,1-4H3. The molecule has 5 heteroatoms. The first kappa shape index (κ1) is 16.6. The molecule has 0 saturated carbocycles. The SMILES string of the molecule is CCOC(=O)C1=C(C)OC(N)=C(C#N)C1c1c(C)cccc1C. The molecule has 23 heavy (non-hydrogen) atoms. The van der Waals surface area contributed by atoms with Crippen molar-refractivity contribution in [2.45, 2.75) is 33.6 Å². The number of nitrogens with zero attached hydrogens (tertiary/aromatic N) is 1. The van der Waals surface area contributed by atoms with Gasteiger partial charge in [0.2, 0.25) is 5.88 Å². The second-order valence-corrected chi connectivity index (χ2v) is 5.42. The number of allylic oxidation sites excluding steroid dienone is 2. The fraction of sp³-hybridized carbons (Fsp3) is 0.333. The van der Waals surface area contributed by atoms with E-state index in [0.29, 0.717) is 11.3 Å². The Bertz CT molecular complexity index is 734. The van der Waals surface area contributed by atoms with Crippen LogP contribution in [0, 0.1) is 25.2 Å². The summed E-state index contributed by atoms with van der Waals surface area (Å²) < 4.78 is 10.6. The smallest absolute Gasteiger partial charge is 0.338 e. The van der Waals surface area contributed by atoms with Crippen molar-refractivity contribution in [2.75, 3.05) is 6.61 Å². The van der Waals surface area contributed by atoms with Gasteiger partial charge >= 0.3 is 5.97 Å². The highest BCUT2D eigenvalue weighted by Crippen LogP contribution is 2.41. The predicted octanol–water partition coefficient (Wildman–Crippen LogP) is 2.95. The first-order valence-electron chi connectivity index (χ1n) is 7.43. The van der Waals surface area contributed by atoms with Crippen LogP contribution < -0.4 is 5.73 Å². The van der Waals surface area contributed by atoms with Crippen LogP contribution in [0.15, 0.2) is 41.0 Å². The lowest BCUT2D eigenvalue weighted by Gasteiger charge is -2.28. The van der Waals surface area contributed by atoms with Crippen molar-refractivity contribution in [1.82, 2.24) is 0 Å². The number of ether oxygens (including phenoxy) is 2. The van der Waals surface area contributed by atoms with Crippen LogP contribution in [0.4, 0.5) is 0 Å². The van der Waals surface area contributed by atoms with E-state index in [-0.39, 0.29) is 18.1 Å². The van der Waals surface area contributed by atoms with Gasteiger partial charge in [0.25, 0.3) is 0 Å². The highest BCUT2D eigenvalue weighted by atomic mass is 16.5. The molecule has 1 aromatic rings. The summed E-state index contributed by atoms with van der Waals surface area (Å²) in [6.45, 7) is 7.53. The van der Waals surface area contributed by atoms with Crippen molar-refractivity contribution < 1.29 is 14.3 Å². The minimum absolute atomic E-state index is 0.0331. The van der Waals surface area contributed by atoms with Crippen molar-refractivity contribution in [3.8, 4) is 6.07 Å². The Morgan fingerprint density at radius 2 is 1.96 bits per heavy atom. The Balaban J connectivity index is 2.72. The van der Waals surface area contributed by atoms with E-state index in [9.17, 15) is 10.1 Å². The van der Waals surface area contributed by atoms with Crippen LogP contribution in [0.2, 0.25) is 0 Å². The average Bonchev–Trinajstić information content (AvgIpc) is 2.47. The van der Waals surface area contributed by atoms with Gasteiger partial charge in [-0.3, -0.25) is 0 Å². The maximum Gasteiger partial charge on any atom is 0.338 e. The number of nitriles is 1. The topological polar surface area (TPSA) is 85.3 Å². The van der Waals surface area contributed by atoms with Gasteiger partial charge in [0.05, 0.1) is 18.1 Å². The number of nitrogens with two attached hydrogens (primary N) is 1. The first-order chi connectivity index (χ1) is 10.9. The minimum atomic E-state index is -0.575. The van der Waals surface area contributed by atoms with Gasteiger partial charge in [-0.25, -0.2) is 4.79 Å². The van der Waals surface area contributed by atoms with E-state index in [0.717, 1.165) is 16.7 Å². The van der Waals surface area contributed by atoms with Crippen LogP contribution in [-0.2, 0) is 14.3 Å². The molecule has 2 rings (SSSR count). The van der Waals surface area contributed by atoms with Crippen LogP contribution in [-0.4, -0.2) is 12.6 Å². The van der Waals surface area contributed by atoms with Crippen molar-refractivity contribution in [3.63, 3.8) is 0 Å². The number of benzene rings is 1. The highest BCUT2D eigenvalue weighted by molar-refractivity contribution is 5.92. The third-order valence-electron chi connectivity index (χ3n) is 3.93. The molecule has 0 aliphatic carbocycles. The number of hydrogen-bond donors (Lipinski definition) is 1. The van der Waals surface area contributed by atoms with Crippen molar-refractivity contribution in [1.29, 1.82) is 5.26 Å². The van der Waals surface area contributed by atoms with Crippen molar-refractivity contribution in [3.05, 3.63) is 57.7 Å². The predicted molar refractivity (Wildman–Crippen MR) is 85.9 cm³/mol. The number of hydrogen-bond acceptors (Lipinski definition) is 5. The fourth-order valence-electron chi connectivity index (χ4n) is 2.93. The van der Waals surface area contributed by atoms with E-state index in [4.69, 9.17) is 15.2 Å². The number of aryl methyl sites for hydroxylation is 2. The summed E-state index contributed by atoms with van der Waals surface area (Å²) in [5, 5.41) is 9.55. The van der Waals surface area contributed by atoms with Gasteiger partial charge in [0.1, 0.15) is 17.4 Å². The molecule has 1 atom stereocenters. The summed E-state index contributed by atoms with van der Waals surface area (Å²) in [5.74, 6) is -0.662. The number of carbonyl (C=O) groups excluding carboxylic acids is 1. The number of rotatable bonds is 3. The monoisotopic (exact) mass is 312 g/mol. The van der Waals surface area contributed by atoms with E-state index in [1.807, 2.05) is 32.0 Å². The number of carbonyl (C=O) groups is 1. The minimum Gasteiger partial charge on any atom is -0.463 e. The molecule has 0 amide bonds. The van der Waals surface area contributed by atoms with Crippen LogP contribution in [0.5, 0.6) is 0 Å². The molecule has 0 radical (unpaired) electrons. The molecule has 1 aliphatic heterocycles. The molecule has 120 valence electrons. The lowest BCUT2D eigenvalue weighted by atomic mass is 9.79. The summed E-state index contributed by atoms with van der Waals surface area (Å²) >= 11 is 0. The molecule has 0 bridgehead atoms. The molecule has 1 aliphatic rings. The summed E-state index contributed by atoms with van der Waals surface area (Å²) in [6, 6.07) is 7.92. The maximum atomic E-state index is 12.5. The summed E-state index contributed by atoms with van der Waals surface area (Å²) in [4.78, 5) is 12.5. The van der Waals surface area contributed by atoms with Gasteiger partial charge in [0.15, 0.2) is 0 Å². The van der Waals surface area contributed by atoms with Gasteiger partial charge in [-0.15, -0.1) is 0 Å². The molecule has 0 saturated heterocycles. The van der Waals surface area contributed by atoms with E-state index in [1.165, 1.54) is 0 Å². The third kappa shape index (κ3) is 2.93. The third-order valence-corrected chi connectivity index (χ3v) is 3.93. The van der Waals surface area contributed by atoms with E-state index in [2.05, 4.69) is 6.07 Å². The van der Waals surface area contributed by atoms with Crippen LogP contribution in [0.25, 0.3) is 0 Å².